The van der Waals surface area contributed by atoms with Gasteiger partial charge in [0.1, 0.15) is 12.4 Å². The Morgan fingerprint density at radius 1 is 1.00 bits per heavy atom. The van der Waals surface area contributed by atoms with Crippen molar-refractivity contribution < 1.29 is 4.74 Å². The van der Waals surface area contributed by atoms with Crippen LogP contribution in [0.3, 0.4) is 0 Å². The van der Waals surface area contributed by atoms with E-state index in [1.165, 1.54) is 11.3 Å². The molecule has 0 unspecified atom stereocenters. The molecule has 0 amide bonds. The van der Waals surface area contributed by atoms with Gasteiger partial charge >= 0.3 is 0 Å². The highest BCUT2D eigenvalue weighted by Gasteiger charge is 2.13. The van der Waals surface area contributed by atoms with E-state index in [2.05, 4.69) is 15.3 Å². The minimum atomic E-state index is 0.379. The third kappa shape index (κ3) is 2.91. The van der Waals surface area contributed by atoms with E-state index in [9.17, 15) is 0 Å². The molecule has 0 aliphatic heterocycles. The van der Waals surface area contributed by atoms with Crippen LogP contribution in [0.2, 0.25) is 5.02 Å². The van der Waals surface area contributed by atoms with Gasteiger partial charge in [-0.2, -0.15) is 9.61 Å². The Morgan fingerprint density at radius 2 is 1.78 bits per heavy atom. The smallest absolute Gasteiger partial charge is 0.235 e. The molecular weight excluding hydrogens is 332 g/mol. The molecule has 0 N–H and O–H groups in total. The Hall–Kier alpha value is -2.44. The van der Waals surface area contributed by atoms with Crippen LogP contribution in [0.25, 0.3) is 16.3 Å². The number of halogens is 1. The maximum atomic E-state index is 5.86. The van der Waals surface area contributed by atoms with Crippen LogP contribution < -0.4 is 4.74 Å². The molecule has 0 fully saturated rings. The zero-order valence-electron chi connectivity index (χ0n) is 11.9. The highest BCUT2D eigenvalue weighted by atomic mass is 35.5. The quantitative estimate of drug-likeness (QED) is 0.560. The number of hydrogen-bond acceptors (Lipinski definition) is 5. The average molecular weight is 343 g/mol. The number of ether oxygens (including phenoxy) is 1. The molecule has 0 saturated carbocycles. The van der Waals surface area contributed by atoms with Gasteiger partial charge in [-0.15, -0.1) is 10.2 Å². The van der Waals surface area contributed by atoms with E-state index in [0.717, 1.165) is 27.1 Å². The van der Waals surface area contributed by atoms with E-state index in [0.29, 0.717) is 11.6 Å². The van der Waals surface area contributed by atoms with Crippen molar-refractivity contribution in [1.29, 1.82) is 0 Å². The van der Waals surface area contributed by atoms with Gasteiger partial charge in [0.2, 0.25) is 4.96 Å². The first-order valence-electron chi connectivity index (χ1n) is 6.94. The molecule has 114 valence electrons. The van der Waals surface area contributed by atoms with Gasteiger partial charge in [0.15, 0.2) is 10.8 Å². The zero-order chi connectivity index (χ0) is 15.6. The van der Waals surface area contributed by atoms with Crippen LogP contribution in [-0.4, -0.2) is 19.8 Å². The lowest BCUT2D eigenvalue weighted by Crippen LogP contribution is -1.97. The van der Waals surface area contributed by atoms with Crippen molar-refractivity contribution in [3.8, 4) is 17.1 Å². The maximum absolute atomic E-state index is 5.86. The Morgan fingerprint density at radius 3 is 2.57 bits per heavy atom. The topological polar surface area (TPSA) is 52.3 Å². The lowest BCUT2D eigenvalue weighted by Gasteiger charge is -2.03. The van der Waals surface area contributed by atoms with Gasteiger partial charge in [0, 0.05) is 10.6 Å². The molecule has 2 aromatic carbocycles. The van der Waals surface area contributed by atoms with Gasteiger partial charge in [0.25, 0.3) is 0 Å². The molecule has 0 saturated heterocycles. The second kappa shape index (κ2) is 5.98. The van der Waals surface area contributed by atoms with E-state index in [4.69, 9.17) is 16.3 Å². The highest BCUT2D eigenvalue weighted by molar-refractivity contribution is 7.16. The first-order chi connectivity index (χ1) is 11.3. The summed E-state index contributed by atoms with van der Waals surface area (Å²) in [5, 5.41) is 14.4. The maximum Gasteiger partial charge on any atom is 0.235 e. The number of hydrogen-bond donors (Lipinski definition) is 0. The molecule has 0 aliphatic rings. The molecule has 2 heterocycles. The third-order valence-electron chi connectivity index (χ3n) is 3.24. The van der Waals surface area contributed by atoms with E-state index >= 15 is 0 Å². The molecule has 4 rings (SSSR count). The van der Waals surface area contributed by atoms with Crippen molar-refractivity contribution in [2.24, 2.45) is 0 Å². The molecule has 5 nitrogen and oxygen atoms in total. The first-order valence-corrected chi connectivity index (χ1v) is 8.14. The molecule has 4 aromatic rings. The van der Waals surface area contributed by atoms with Gasteiger partial charge in [-0.1, -0.05) is 53.3 Å². The SMILES string of the molecule is Clc1ccc(OCc2nn3c(-c4ccccc4)nnc3s2)cc1. The summed E-state index contributed by atoms with van der Waals surface area (Å²) in [7, 11) is 0. The Labute approximate surface area is 141 Å². The monoisotopic (exact) mass is 342 g/mol. The van der Waals surface area contributed by atoms with Crippen molar-refractivity contribution >= 4 is 27.9 Å². The van der Waals surface area contributed by atoms with E-state index in [1.807, 2.05) is 42.5 Å². The minimum Gasteiger partial charge on any atom is -0.486 e. The predicted molar refractivity (Wildman–Crippen MR) is 89.9 cm³/mol. The summed E-state index contributed by atoms with van der Waals surface area (Å²) in [5.41, 5.74) is 0.982. The van der Waals surface area contributed by atoms with Crippen molar-refractivity contribution in [2.75, 3.05) is 0 Å². The van der Waals surface area contributed by atoms with Crippen LogP contribution in [0.15, 0.2) is 54.6 Å². The lowest BCUT2D eigenvalue weighted by atomic mass is 10.2. The fourth-order valence-corrected chi connectivity index (χ4v) is 3.03. The third-order valence-corrected chi connectivity index (χ3v) is 4.36. The van der Waals surface area contributed by atoms with Crippen LogP contribution in [0.5, 0.6) is 5.75 Å². The standard InChI is InChI=1S/C16H11ClN4OS/c17-12-6-8-13(9-7-12)22-10-14-20-21-15(18-19-16(21)23-14)11-4-2-1-3-5-11/h1-9H,10H2. The second-order valence-corrected chi connectivity index (χ2v) is 6.30. The minimum absolute atomic E-state index is 0.379. The average Bonchev–Trinajstić information content (AvgIpc) is 3.15. The van der Waals surface area contributed by atoms with Gasteiger partial charge < -0.3 is 4.74 Å². The number of benzene rings is 2. The normalized spacial score (nSPS) is 11.0. The molecular formula is C16H11ClN4OS. The van der Waals surface area contributed by atoms with Crippen molar-refractivity contribution in [2.45, 2.75) is 6.61 Å². The van der Waals surface area contributed by atoms with E-state index in [1.54, 1.807) is 16.6 Å². The predicted octanol–water partition coefficient (Wildman–Crippen LogP) is 4.09. The summed E-state index contributed by atoms with van der Waals surface area (Å²) >= 11 is 7.32. The molecule has 2 aromatic heterocycles. The van der Waals surface area contributed by atoms with E-state index in [-0.39, 0.29) is 0 Å². The van der Waals surface area contributed by atoms with Crippen molar-refractivity contribution in [3.05, 3.63) is 64.6 Å². The fraction of sp³-hybridized carbons (Fsp3) is 0.0625. The summed E-state index contributed by atoms with van der Waals surface area (Å²) in [4.78, 5) is 0.749. The van der Waals surface area contributed by atoms with Gasteiger partial charge in [-0.25, -0.2) is 0 Å². The van der Waals surface area contributed by atoms with Crippen LogP contribution in [0.4, 0.5) is 0 Å². The van der Waals surface area contributed by atoms with Crippen LogP contribution in [0, 0.1) is 0 Å². The van der Waals surface area contributed by atoms with Crippen molar-refractivity contribution in [3.63, 3.8) is 0 Å². The molecule has 0 bridgehead atoms. The summed E-state index contributed by atoms with van der Waals surface area (Å²) in [5.74, 6) is 1.48. The Bertz CT molecular complexity index is 934. The van der Waals surface area contributed by atoms with Crippen LogP contribution in [-0.2, 0) is 6.61 Å². The Balaban J connectivity index is 1.57. The van der Waals surface area contributed by atoms with Crippen molar-refractivity contribution in [1.82, 2.24) is 19.8 Å². The van der Waals surface area contributed by atoms with E-state index < -0.39 is 0 Å². The highest BCUT2D eigenvalue weighted by Crippen LogP contribution is 2.22. The zero-order valence-corrected chi connectivity index (χ0v) is 13.5. The molecule has 23 heavy (non-hydrogen) atoms. The number of fused-ring (bicyclic) bond motifs is 1. The fourth-order valence-electron chi connectivity index (χ4n) is 2.16. The largest absolute Gasteiger partial charge is 0.486 e. The number of rotatable bonds is 4. The van der Waals surface area contributed by atoms with Crippen LogP contribution >= 0.6 is 22.9 Å². The number of aromatic nitrogens is 4. The number of nitrogens with zero attached hydrogens (tertiary/aromatic N) is 4. The van der Waals surface area contributed by atoms with Gasteiger partial charge in [0.05, 0.1) is 0 Å². The molecule has 0 atom stereocenters. The molecule has 0 spiro atoms. The van der Waals surface area contributed by atoms with Crippen LogP contribution in [0.1, 0.15) is 5.01 Å². The summed E-state index contributed by atoms with van der Waals surface area (Å²) in [6, 6.07) is 17.1. The summed E-state index contributed by atoms with van der Waals surface area (Å²) < 4.78 is 7.47. The molecule has 0 radical (unpaired) electrons. The lowest BCUT2D eigenvalue weighted by molar-refractivity contribution is 0.304. The first kappa shape index (κ1) is 14.2. The molecule has 0 aliphatic carbocycles. The van der Waals surface area contributed by atoms with Gasteiger partial charge in [-0.05, 0) is 24.3 Å². The summed E-state index contributed by atoms with van der Waals surface area (Å²) in [6.45, 7) is 0.379. The second-order valence-electron chi connectivity index (χ2n) is 4.82. The van der Waals surface area contributed by atoms with Gasteiger partial charge in [-0.3, -0.25) is 0 Å². The molecule has 7 heteroatoms. The summed E-state index contributed by atoms with van der Waals surface area (Å²) in [6.07, 6.45) is 0. The Kier molecular flexibility index (Phi) is 3.69.